The molecule has 11 heavy (non-hydrogen) atoms. The number of rotatable bonds is 0. The van der Waals surface area contributed by atoms with Gasteiger partial charge in [0.05, 0.1) is 0 Å². The van der Waals surface area contributed by atoms with Crippen LogP contribution in [0.4, 0.5) is 0 Å². The maximum absolute atomic E-state index is 3.65. The van der Waals surface area contributed by atoms with Gasteiger partial charge in [0.15, 0.2) is 0 Å². The lowest BCUT2D eigenvalue weighted by Crippen LogP contribution is -2.31. The van der Waals surface area contributed by atoms with Gasteiger partial charge in [-0.2, -0.15) is 0 Å². The lowest BCUT2D eigenvalue weighted by molar-refractivity contribution is 0.205. The largest absolute Gasteiger partial charge is 0.313 e. The van der Waals surface area contributed by atoms with Crippen molar-refractivity contribution >= 4 is 0 Å². The molecule has 2 fully saturated rings. The molecule has 1 nitrogen and oxygen atoms in total. The first-order chi connectivity index (χ1) is 5.20. The topological polar surface area (TPSA) is 12.0 Å². The first-order valence-electron chi connectivity index (χ1n) is 4.93. The summed E-state index contributed by atoms with van der Waals surface area (Å²) in [6.07, 6.45) is 5.80. The molecule has 1 heterocycles. The zero-order valence-electron chi connectivity index (χ0n) is 7.69. The van der Waals surface area contributed by atoms with Crippen LogP contribution in [0.15, 0.2) is 0 Å². The number of hydrogen-bond acceptors (Lipinski definition) is 1. The molecule has 1 saturated carbocycles. The van der Waals surface area contributed by atoms with Crippen LogP contribution in [0.2, 0.25) is 0 Å². The van der Waals surface area contributed by atoms with Crippen molar-refractivity contribution in [3.63, 3.8) is 0 Å². The number of nitrogens with one attached hydrogen (secondary N) is 1. The summed E-state index contributed by atoms with van der Waals surface area (Å²) in [5, 5.41) is 3.65. The van der Waals surface area contributed by atoms with Gasteiger partial charge >= 0.3 is 0 Å². The van der Waals surface area contributed by atoms with Crippen LogP contribution in [0.5, 0.6) is 0 Å². The van der Waals surface area contributed by atoms with E-state index in [-0.39, 0.29) is 0 Å². The van der Waals surface area contributed by atoms with E-state index in [0.717, 1.165) is 12.0 Å². The Labute approximate surface area is 69.6 Å². The van der Waals surface area contributed by atoms with E-state index in [2.05, 4.69) is 19.2 Å². The predicted octanol–water partition coefficient (Wildman–Crippen LogP) is 2.17. The van der Waals surface area contributed by atoms with Gasteiger partial charge in [-0.05, 0) is 24.2 Å². The molecule has 0 aromatic rings. The molecule has 0 amide bonds. The predicted molar refractivity (Wildman–Crippen MR) is 47.5 cm³/mol. The third kappa shape index (κ3) is 1.20. The van der Waals surface area contributed by atoms with E-state index in [0.29, 0.717) is 5.41 Å². The van der Waals surface area contributed by atoms with Gasteiger partial charge in [-0.15, -0.1) is 0 Å². The van der Waals surface area contributed by atoms with Crippen molar-refractivity contribution in [1.29, 1.82) is 0 Å². The zero-order valence-corrected chi connectivity index (χ0v) is 7.69. The summed E-state index contributed by atoms with van der Waals surface area (Å²) >= 11 is 0. The summed E-state index contributed by atoms with van der Waals surface area (Å²) in [5.41, 5.74) is 0.574. The van der Waals surface area contributed by atoms with Crippen molar-refractivity contribution in [3.8, 4) is 0 Å². The molecule has 2 rings (SSSR count). The Kier molecular flexibility index (Phi) is 1.71. The summed E-state index contributed by atoms with van der Waals surface area (Å²) in [7, 11) is 0. The van der Waals surface area contributed by atoms with Crippen LogP contribution in [-0.2, 0) is 0 Å². The highest BCUT2D eigenvalue weighted by atomic mass is 15.0. The van der Waals surface area contributed by atoms with E-state index >= 15 is 0 Å². The Morgan fingerprint density at radius 1 is 1.18 bits per heavy atom. The van der Waals surface area contributed by atoms with Crippen molar-refractivity contribution in [3.05, 3.63) is 0 Å². The summed E-state index contributed by atoms with van der Waals surface area (Å²) in [6.45, 7) is 6.06. The highest BCUT2D eigenvalue weighted by Crippen LogP contribution is 2.42. The first kappa shape index (κ1) is 7.60. The van der Waals surface area contributed by atoms with E-state index in [1.807, 2.05) is 0 Å². The minimum atomic E-state index is 0.574. The molecular weight excluding hydrogens is 134 g/mol. The van der Waals surface area contributed by atoms with Crippen molar-refractivity contribution in [1.82, 2.24) is 5.32 Å². The fraction of sp³-hybridized carbons (Fsp3) is 1.00. The van der Waals surface area contributed by atoms with E-state index < -0.39 is 0 Å². The van der Waals surface area contributed by atoms with Crippen molar-refractivity contribution in [2.45, 2.75) is 45.6 Å². The van der Waals surface area contributed by atoms with E-state index in [1.54, 1.807) is 0 Å². The monoisotopic (exact) mass is 153 g/mol. The zero-order chi connectivity index (χ0) is 7.90. The second-order valence-corrected chi connectivity index (χ2v) is 4.87. The molecule has 2 aliphatic rings. The molecule has 0 radical (unpaired) electrons. The third-order valence-corrected chi connectivity index (χ3v) is 3.59. The summed E-state index contributed by atoms with van der Waals surface area (Å²) in [6, 6.07) is 0.860. The number of hydrogen-bond donors (Lipinski definition) is 1. The SMILES string of the molecule is CC1(C)CNC2CCCCC21. The van der Waals surface area contributed by atoms with Crippen molar-refractivity contribution in [2.24, 2.45) is 11.3 Å². The lowest BCUT2D eigenvalue weighted by Gasteiger charge is -2.32. The molecular formula is C10H19N. The molecule has 0 bridgehead atoms. The van der Waals surface area contributed by atoms with Crippen LogP contribution >= 0.6 is 0 Å². The fourth-order valence-electron chi connectivity index (χ4n) is 2.84. The smallest absolute Gasteiger partial charge is 0.0101 e. The first-order valence-corrected chi connectivity index (χ1v) is 4.93. The molecule has 64 valence electrons. The van der Waals surface area contributed by atoms with Gasteiger partial charge in [0.25, 0.3) is 0 Å². The lowest BCUT2D eigenvalue weighted by atomic mass is 9.72. The summed E-state index contributed by atoms with van der Waals surface area (Å²) in [4.78, 5) is 0. The highest BCUT2D eigenvalue weighted by molar-refractivity contribution is 4.97. The van der Waals surface area contributed by atoms with Gasteiger partial charge in [0, 0.05) is 12.6 Å². The molecule has 1 heteroatoms. The molecule has 0 aromatic carbocycles. The second-order valence-electron chi connectivity index (χ2n) is 4.87. The van der Waals surface area contributed by atoms with Crippen LogP contribution in [0.3, 0.4) is 0 Å². The quantitative estimate of drug-likeness (QED) is 0.562. The highest BCUT2D eigenvalue weighted by Gasteiger charge is 2.42. The Balaban J connectivity index is 2.10. The molecule has 1 aliphatic heterocycles. The molecule has 1 saturated heterocycles. The molecule has 2 unspecified atom stereocenters. The minimum absolute atomic E-state index is 0.574. The van der Waals surface area contributed by atoms with E-state index in [4.69, 9.17) is 0 Å². The molecule has 1 aliphatic carbocycles. The second kappa shape index (κ2) is 2.48. The fourth-order valence-corrected chi connectivity index (χ4v) is 2.84. The summed E-state index contributed by atoms with van der Waals surface area (Å²) in [5.74, 6) is 0.969. The Bertz CT molecular complexity index is 151. The van der Waals surface area contributed by atoms with Crippen LogP contribution < -0.4 is 5.32 Å². The molecule has 2 atom stereocenters. The average Bonchev–Trinajstić information content (AvgIpc) is 2.29. The van der Waals surface area contributed by atoms with Gasteiger partial charge in [-0.3, -0.25) is 0 Å². The standard InChI is InChI=1S/C10H19N/c1-10(2)7-11-9-6-4-3-5-8(9)10/h8-9,11H,3-7H2,1-2H3. The Morgan fingerprint density at radius 3 is 2.64 bits per heavy atom. The number of fused-ring (bicyclic) bond motifs is 1. The van der Waals surface area contributed by atoms with E-state index in [1.165, 1.54) is 32.2 Å². The van der Waals surface area contributed by atoms with Crippen molar-refractivity contribution in [2.75, 3.05) is 6.54 Å². The van der Waals surface area contributed by atoms with Gasteiger partial charge in [-0.25, -0.2) is 0 Å². The van der Waals surface area contributed by atoms with Crippen LogP contribution in [0.25, 0.3) is 0 Å². The van der Waals surface area contributed by atoms with E-state index in [9.17, 15) is 0 Å². The molecule has 0 aromatic heterocycles. The average molecular weight is 153 g/mol. The maximum atomic E-state index is 3.65. The van der Waals surface area contributed by atoms with Crippen molar-refractivity contribution < 1.29 is 0 Å². The van der Waals surface area contributed by atoms with Gasteiger partial charge in [-0.1, -0.05) is 26.7 Å². The molecule has 1 N–H and O–H groups in total. The van der Waals surface area contributed by atoms with Crippen LogP contribution in [0.1, 0.15) is 39.5 Å². The Hall–Kier alpha value is -0.0400. The maximum Gasteiger partial charge on any atom is 0.0101 e. The summed E-state index contributed by atoms with van der Waals surface area (Å²) < 4.78 is 0. The Morgan fingerprint density at radius 2 is 1.91 bits per heavy atom. The van der Waals surface area contributed by atoms with Gasteiger partial charge in [0.1, 0.15) is 0 Å². The normalized spacial score (nSPS) is 42.0. The third-order valence-electron chi connectivity index (χ3n) is 3.59. The van der Waals surface area contributed by atoms with Crippen LogP contribution in [0, 0.1) is 11.3 Å². The van der Waals surface area contributed by atoms with Gasteiger partial charge in [0.2, 0.25) is 0 Å². The minimum Gasteiger partial charge on any atom is -0.313 e. The van der Waals surface area contributed by atoms with Gasteiger partial charge < -0.3 is 5.32 Å². The molecule has 0 spiro atoms. The van der Waals surface area contributed by atoms with Crippen LogP contribution in [-0.4, -0.2) is 12.6 Å².